The molecule has 1 spiro atoms. The van der Waals surface area contributed by atoms with Crippen molar-refractivity contribution in [1.29, 1.82) is 0 Å². The van der Waals surface area contributed by atoms with Gasteiger partial charge in [0.2, 0.25) is 5.91 Å². The fourth-order valence-electron chi connectivity index (χ4n) is 5.56. The lowest BCUT2D eigenvalue weighted by molar-refractivity contribution is -0.189. The van der Waals surface area contributed by atoms with Crippen molar-refractivity contribution in [1.82, 2.24) is 20.5 Å². The van der Waals surface area contributed by atoms with Crippen molar-refractivity contribution in [3.8, 4) is 5.75 Å². The fraction of sp³-hybridized carbons (Fsp3) is 0.370. The number of amides is 2. The molecule has 2 fully saturated rings. The van der Waals surface area contributed by atoms with E-state index in [1.165, 1.54) is 18.2 Å². The van der Waals surface area contributed by atoms with E-state index in [0.29, 0.717) is 44.5 Å². The average Bonchev–Trinajstić information content (AvgIpc) is 3.43. The molecule has 0 aliphatic carbocycles. The second-order valence-electron chi connectivity index (χ2n) is 9.83. The first-order valence-corrected chi connectivity index (χ1v) is 12.5. The number of esters is 1. The standard InChI is InChI=1S/C27H26F4N4O4/c28-17-7-5-16(6-8-17)19-15-33-24(37)26(19)9-12-35(13-10-26)14-11-32-23(36)21-22(39-25(38)27(29,30)31)18-3-1-2-4-20(18)34-21/h1-8,19,34H,9-15H2,(H,32,36)(H,33,37). The number of H-pyrrole nitrogens is 1. The zero-order valence-corrected chi connectivity index (χ0v) is 20.7. The van der Waals surface area contributed by atoms with Gasteiger partial charge in [-0.1, -0.05) is 24.3 Å². The van der Waals surface area contributed by atoms with Crippen molar-refractivity contribution in [2.45, 2.75) is 24.9 Å². The third kappa shape index (κ3) is 5.20. The Bertz CT molecular complexity index is 1400. The summed E-state index contributed by atoms with van der Waals surface area (Å²) in [7, 11) is 0. The number of halogens is 4. The van der Waals surface area contributed by atoms with Gasteiger partial charge in [-0.25, -0.2) is 9.18 Å². The van der Waals surface area contributed by atoms with Gasteiger partial charge in [-0.2, -0.15) is 13.2 Å². The van der Waals surface area contributed by atoms with E-state index in [-0.39, 0.29) is 35.3 Å². The molecule has 0 radical (unpaired) electrons. The van der Waals surface area contributed by atoms with Crippen LogP contribution in [0, 0.1) is 11.2 Å². The molecule has 8 nitrogen and oxygen atoms in total. The molecule has 0 bridgehead atoms. The van der Waals surface area contributed by atoms with Gasteiger partial charge in [-0.3, -0.25) is 9.59 Å². The number of piperidine rings is 1. The number of aromatic nitrogens is 1. The van der Waals surface area contributed by atoms with Gasteiger partial charge in [0.05, 0.1) is 5.41 Å². The summed E-state index contributed by atoms with van der Waals surface area (Å²) < 4.78 is 56.4. The molecule has 12 heteroatoms. The lowest BCUT2D eigenvalue weighted by atomic mass is 9.68. The number of nitrogens with zero attached hydrogens (tertiary/aromatic N) is 1. The Balaban J connectivity index is 1.21. The molecule has 206 valence electrons. The first-order valence-electron chi connectivity index (χ1n) is 12.5. The Morgan fingerprint density at radius 2 is 1.77 bits per heavy atom. The number of fused-ring (bicyclic) bond motifs is 1. The van der Waals surface area contributed by atoms with Crippen molar-refractivity contribution < 1.29 is 36.7 Å². The predicted octanol–water partition coefficient (Wildman–Crippen LogP) is 3.50. The molecule has 0 saturated carbocycles. The van der Waals surface area contributed by atoms with E-state index in [9.17, 15) is 31.9 Å². The van der Waals surface area contributed by atoms with Crippen molar-refractivity contribution >= 4 is 28.7 Å². The summed E-state index contributed by atoms with van der Waals surface area (Å²) >= 11 is 0. The van der Waals surface area contributed by atoms with Gasteiger partial charge in [-0.15, -0.1) is 0 Å². The number of ether oxygens (including phenoxy) is 1. The monoisotopic (exact) mass is 546 g/mol. The number of carbonyl (C=O) groups is 3. The Hall–Kier alpha value is -3.93. The Morgan fingerprint density at radius 1 is 1.08 bits per heavy atom. The van der Waals surface area contributed by atoms with Crippen LogP contribution in [0.3, 0.4) is 0 Å². The molecule has 2 saturated heterocycles. The second-order valence-corrected chi connectivity index (χ2v) is 9.83. The Labute approximate surface area is 220 Å². The molecule has 3 N–H and O–H groups in total. The summed E-state index contributed by atoms with van der Waals surface area (Å²) in [5, 5.41) is 5.80. The molecule has 2 aliphatic heterocycles. The highest BCUT2D eigenvalue weighted by Crippen LogP contribution is 2.47. The number of benzene rings is 2. The summed E-state index contributed by atoms with van der Waals surface area (Å²) in [6, 6.07) is 12.4. The number of para-hydroxylation sites is 1. The fourth-order valence-corrected chi connectivity index (χ4v) is 5.56. The van der Waals surface area contributed by atoms with Crippen LogP contribution in [-0.4, -0.2) is 66.6 Å². The number of nitrogens with one attached hydrogen (secondary N) is 3. The largest absolute Gasteiger partial charge is 0.491 e. The first-order chi connectivity index (χ1) is 18.6. The maximum absolute atomic E-state index is 13.4. The molecule has 1 aromatic heterocycles. The van der Waals surface area contributed by atoms with Crippen LogP contribution in [0.5, 0.6) is 5.75 Å². The van der Waals surface area contributed by atoms with Gasteiger partial charge in [0, 0.05) is 36.5 Å². The normalized spacial score (nSPS) is 19.3. The highest BCUT2D eigenvalue weighted by atomic mass is 19.4. The van der Waals surface area contributed by atoms with Gasteiger partial charge >= 0.3 is 12.1 Å². The molecule has 2 aliphatic rings. The van der Waals surface area contributed by atoms with Crippen molar-refractivity contribution in [3.05, 3.63) is 65.6 Å². The maximum atomic E-state index is 13.4. The zero-order valence-electron chi connectivity index (χ0n) is 20.7. The van der Waals surface area contributed by atoms with Gasteiger partial charge in [0.25, 0.3) is 5.91 Å². The zero-order chi connectivity index (χ0) is 27.8. The average molecular weight is 547 g/mol. The number of rotatable bonds is 6. The van der Waals surface area contributed by atoms with Crippen LogP contribution in [0.1, 0.15) is 34.8 Å². The van der Waals surface area contributed by atoms with E-state index in [4.69, 9.17) is 0 Å². The molecule has 2 aromatic carbocycles. The quantitative estimate of drug-likeness (QED) is 0.325. The molecule has 2 amide bonds. The Morgan fingerprint density at radius 3 is 2.46 bits per heavy atom. The number of aromatic amines is 1. The summed E-state index contributed by atoms with van der Waals surface area (Å²) in [6.45, 7) is 2.32. The first kappa shape index (κ1) is 26.7. The van der Waals surface area contributed by atoms with E-state index in [2.05, 4.69) is 25.3 Å². The minimum atomic E-state index is -5.22. The minimum absolute atomic E-state index is 0.00970. The smallest absolute Gasteiger partial charge is 0.417 e. The molecule has 1 atom stereocenters. The van der Waals surface area contributed by atoms with Gasteiger partial charge in [-0.05, 0) is 55.8 Å². The van der Waals surface area contributed by atoms with Crippen LogP contribution < -0.4 is 15.4 Å². The van der Waals surface area contributed by atoms with Gasteiger partial charge < -0.3 is 25.3 Å². The minimum Gasteiger partial charge on any atom is -0.417 e. The van der Waals surface area contributed by atoms with Crippen LogP contribution in [0.4, 0.5) is 17.6 Å². The predicted molar refractivity (Wildman–Crippen MR) is 133 cm³/mol. The van der Waals surface area contributed by atoms with E-state index in [1.807, 2.05) is 0 Å². The van der Waals surface area contributed by atoms with Crippen LogP contribution in [0.2, 0.25) is 0 Å². The third-order valence-corrected chi connectivity index (χ3v) is 7.63. The van der Waals surface area contributed by atoms with E-state index >= 15 is 0 Å². The van der Waals surface area contributed by atoms with Gasteiger partial charge in [0.15, 0.2) is 5.75 Å². The third-order valence-electron chi connectivity index (χ3n) is 7.63. The summed E-state index contributed by atoms with van der Waals surface area (Å²) in [6.07, 6.45) is -4.04. The van der Waals surface area contributed by atoms with Crippen molar-refractivity contribution in [2.75, 3.05) is 32.7 Å². The lowest BCUT2D eigenvalue weighted by Crippen LogP contribution is -2.47. The Kier molecular flexibility index (Phi) is 7.06. The number of hydrogen-bond acceptors (Lipinski definition) is 5. The van der Waals surface area contributed by atoms with Crippen molar-refractivity contribution in [3.63, 3.8) is 0 Å². The summed E-state index contributed by atoms with van der Waals surface area (Å²) in [5.41, 5.74) is 0.394. The molecule has 5 rings (SSSR count). The second kappa shape index (κ2) is 10.3. The number of alkyl halides is 3. The van der Waals surface area contributed by atoms with Crippen LogP contribution in [0.15, 0.2) is 48.5 Å². The SMILES string of the molecule is O=C(NCCN1CCC2(CC1)C(=O)NCC2c1ccc(F)cc1)c1[nH]c2ccccc2c1OC(=O)C(F)(F)F. The van der Waals surface area contributed by atoms with E-state index in [0.717, 1.165) is 5.56 Å². The van der Waals surface area contributed by atoms with Crippen LogP contribution in [-0.2, 0) is 9.59 Å². The molecular formula is C27H26F4N4O4. The number of carbonyl (C=O) groups excluding carboxylic acids is 3. The molecule has 39 heavy (non-hydrogen) atoms. The number of likely N-dealkylation sites (tertiary alicyclic amines) is 1. The van der Waals surface area contributed by atoms with Gasteiger partial charge in [0.1, 0.15) is 11.5 Å². The van der Waals surface area contributed by atoms with Crippen molar-refractivity contribution in [2.24, 2.45) is 5.41 Å². The van der Waals surface area contributed by atoms with E-state index < -0.39 is 29.2 Å². The maximum Gasteiger partial charge on any atom is 0.491 e. The highest BCUT2D eigenvalue weighted by molar-refractivity contribution is 6.04. The molecule has 3 aromatic rings. The molecule has 1 unspecified atom stereocenters. The van der Waals surface area contributed by atoms with E-state index in [1.54, 1.807) is 30.3 Å². The lowest BCUT2D eigenvalue weighted by Gasteiger charge is -2.41. The molecule has 3 heterocycles. The number of hydrogen-bond donors (Lipinski definition) is 3. The summed E-state index contributed by atoms with van der Waals surface area (Å²) in [4.78, 5) is 42.0. The highest BCUT2D eigenvalue weighted by Gasteiger charge is 2.51. The van der Waals surface area contributed by atoms with Crippen LogP contribution in [0.25, 0.3) is 10.9 Å². The van der Waals surface area contributed by atoms with Crippen LogP contribution >= 0.6 is 0 Å². The summed E-state index contributed by atoms with van der Waals surface area (Å²) in [5.74, 6) is -4.02. The topological polar surface area (TPSA) is 104 Å². The molecular weight excluding hydrogens is 520 g/mol.